The van der Waals surface area contributed by atoms with Crippen molar-refractivity contribution in [1.29, 1.82) is 0 Å². The van der Waals surface area contributed by atoms with Gasteiger partial charge in [-0.2, -0.15) is 0 Å². The second-order valence-electron chi connectivity index (χ2n) is 7.78. The lowest BCUT2D eigenvalue weighted by atomic mass is 9.94. The molecule has 8 nitrogen and oxygen atoms in total. The third-order valence-corrected chi connectivity index (χ3v) is 4.34. The Kier molecular flexibility index (Phi) is 6.56. The Morgan fingerprint density at radius 1 is 1.10 bits per heavy atom. The molecule has 8 heteroatoms. The first-order chi connectivity index (χ1) is 14.3. The first kappa shape index (κ1) is 21.2. The van der Waals surface area contributed by atoms with Crippen molar-refractivity contribution in [2.75, 3.05) is 12.4 Å². The summed E-state index contributed by atoms with van der Waals surface area (Å²) in [5.74, 6) is 2.09. The van der Waals surface area contributed by atoms with E-state index >= 15 is 0 Å². The van der Waals surface area contributed by atoms with E-state index in [-0.39, 0.29) is 17.1 Å². The average molecular weight is 409 g/mol. The molecule has 3 rings (SSSR count). The van der Waals surface area contributed by atoms with E-state index in [1.165, 1.54) is 6.26 Å². The first-order valence-electron chi connectivity index (χ1n) is 9.68. The summed E-state index contributed by atoms with van der Waals surface area (Å²) in [6.07, 6.45) is 3.23. The number of nitrogens with one attached hydrogen (secondary N) is 3. The first-order valence-corrected chi connectivity index (χ1v) is 9.68. The largest absolute Gasteiger partial charge is 0.459 e. The van der Waals surface area contributed by atoms with Crippen LogP contribution >= 0.6 is 0 Å². The van der Waals surface area contributed by atoms with Crippen LogP contribution in [-0.2, 0) is 18.5 Å². The highest BCUT2D eigenvalue weighted by Crippen LogP contribution is 2.22. The zero-order chi connectivity index (χ0) is 21.6. The van der Waals surface area contributed by atoms with Gasteiger partial charge in [0.2, 0.25) is 5.89 Å². The van der Waals surface area contributed by atoms with Crippen LogP contribution in [0.1, 0.15) is 48.5 Å². The number of nitrogens with zero attached hydrogens (tertiary/aromatic N) is 2. The highest BCUT2D eigenvalue weighted by Gasteiger charge is 2.19. The molecule has 0 saturated carbocycles. The van der Waals surface area contributed by atoms with Gasteiger partial charge in [-0.15, -0.1) is 0 Å². The van der Waals surface area contributed by atoms with Gasteiger partial charge in [-0.1, -0.05) is 32.9 Å². The molecule has 30 heavy (non-hydrogen) atoms. The van der Waals surface area contributed by atoms with Crippen molar-refractivity contribution < 1.29 is 13.6 Å². The minimum atomic E-state index is -0.281. The SMILES string of the molecule is CN=C(NCc1ccc(NC(=O)c2ccco2)cc1)NCc1ncc(C(C)(C)C)o1. The Labute approximate surface area is 175 Å². The lowest BCUT2D eigenvalue weighted by molar-refractivity contribution is 0.0996. The summed E-state index contributed by atoms with van der Waals surface area (Å²) in [6.45, 7) is 7.26. The molecule has 0 aliphatic rings. The molecule has 0 aliphatic heterocycles. The predicted octanol–water partition coefficient (Wildman–Crippen LogP) is 3.68. The molecule has 0 aliphatic carbocycles. The minimum Gasteiger partial charge on any atom is -0.459 e. The van der Waals surface area contributed by atoms with E-state index in [0.29, 0.717) is 30.6 Å². The van der Waals surface area contributed by atoms with Crippen molar-refractivity contribution in [1.82, 2.24) is 15.6 Å². The van der Waals surface area contributed by atoms with Gasteiger partial charge < -0.3 is 24.8 Å². The van der Waals surface area contributed by atoms with Gasteiger partial charge in [0.15, 0.2) is 11.7 Å². The predicted molar refractivity (Wildman–Crippen MR) is 115 cm³/mol. The maximum atomic E-state index is 12.0. The molecule has 1 aromatic carbocycles. The number of amides is 1. The number of aromatic nitrogens is 1. The minimum absolute atomic E-state index is 0.0746. The molecule has 0 radical (unpaired) electrons. The lowest BCUT2D eigenvalue weighted by Crippen LogP contribution is -2.36. The number of hydrogen-bond acceptors (Lipinski definition) is 5. The number of aliphatic imine (C=N–C) groups is 1. The van der Waals surface area contributed by atoms with E-state index in [2.05, 4.69) is 46.7 Å². The van der Waals surface area contributed by atoms with Gasteiger partial charge in [0.05, 0.1) is 19.0 Å². The second-order valence-corrected chi connectivity index (χ2v) is 7.78. The van der Waals surface area contributed by atoms with E-state index in [9.17, 15) is 4.79 Å². The molecule has 2 heterocycles. The number of benzene rings is 1. The number of carbonyl (C=O) groups excluding carboxylic acids is 1. The molecular weight excluding hydrogens is 382 g/mol. The van der Waals surface area contributed by atoms with Gasteiger partial charge in [0.25, 0.3) is 5.91 Å². The summed E-state index contributed by atoms with van der Waals surface area (Å²) < 4.78 is 10.9. The van der Waals surface area contributed by atoms with Crippen molar-refractivity contribution in [2.45, 2.75) is 39.3 Å². The van der Waals surface area contributed by atoms with E-state index in [0.717, 1.165) is 11.3 Å². The molecule has 0 unspecified atom stereocenters. The van der Waals surface area contributed by atoms with Crippen LogP contribution in [0.2, 0.25) is 0 Å². The van der Waals surface area contributed by atoms with Crippen LogP contribution in [-0.4, -0.2) is 23.9 Å². The fourth-order valence-corrected chi connectivity index (χ4v) is 2.61. The third-order valence-electron chi connectivity index (χ3n) is 4.34. The van der Waals surface area contributed by atoms with Crippen molar-refractivity contribution in [3.63, 3.8) is 0 Å². The van der Waals surface area contributed by atoms with Crippen LogP contribution in [0, 0.1) is 0 Å². The van der Waals surface area contributed by atoms with Crippen molar-refractivity contribution in [3.8, 4) is 0 Å². The van der Waals surface area contributed by atoms with Gasteiger partial charge in [-0.05, 0) is 29.8 Å². The number of furan rings is 1. The summed E-state index contributed by atoms with van der Waals surface area (Å²) in [4.78, 5) is 20.5. The fourth-order valence-electron chi connectivity index (χ4n) is 2.61. The molecule has 1 amide bonds. The second kappa shape index (κ2) is 9.30. The highest BCUT2D eigenvalue weighted by molar-refractivity contribution is 6.02. The number of anilines is 1. The number of hydrogen-bond donors (Lipinski definition) is 3. The molecule has 0 saturated heterocycles. The van der Waals surface area contributed by atoms with E-state index in [1.807, 2.05) is 24.3 Å². The number of carbonyl (C=O) groups is 1. The van der Waals surface area contributed by atoms with Gasteiger partial charge in [0, 0.05) is 24.7 Å². The van der Waals surface area contributed by atoms with Crippen molar-refractivity contribution in [2.24, 2.45) is 4.99 Å². The maximum Gasteiger partial charge on any atom is 0.291 e. The Morgan fingerprint density at radius 3 is 2.43 bits per heavy atom. The van der Waals surface area contributed by atoms with Gasteiger partial charge >= 0.3 is 0 Å². The Hall–Kier alpha value is -3.55. The van der Waals surface area contributed by atoms with E-state index < -0.39 is 0 Å². The molecule has 0 fully saturated rings. The van der Waals surface area contributed by atoms with Crippen LogP contribution in [0.4, 0.5) is 5.69 Å². The van der Waals surface area contributed by atoms with Crippen LogP contribution in [0.5, 0.6) is 0 Å². The average Bonchev–Trinajstić information content (AvgIpc) is 3.41. The quantitative estimate of drug-likeness (QED) is 0.424. The highest BCUT2D eigenvalue weighted by atomic mass is 16.4. The Balaban J connectivity index is 1.47. The van der Waals surface area contributed by atoms with Gasteiger partial charge in [0.1, 0.15) is 5.76 Å². The lowest BCUT2D eigenvalue weighted by Gasteiger charge is -2.13. The van der Waals surface area contributed by atoms with E-state index in [1.54, 1.807) is 25.4 Å². The zero-order valence-corrected chi connectivity index (χ0v) is 17.7. The molecule has 158 valence electrons. The normalized spacial score (nSPS) is 11.9. The molecule has 3 N–H and O–H groups in total. The molecular formula is C22H27N5O3. The topological polar surface area (TPSA) is 105 Å². The Morgan fingerprint density at radius 2 is 1.83 bits per heavy atom. The number of guanidine groups is 1. The zero-order valence-electron chi connectivity index (χ0n) is 17.7. The van der Waals surface area contributed by atoms with Crippen molar-refractivity contribution >= 4 is 17.6 Å². The molecule has 0 bridgehead atoms. The summed E-state index contributed by atoms with van der Waals surface area (Å²) in [7, 11) is 1.71. The molecule has 0 atom stereocenters. The summed E-state index contributed by atoms with van der Waals surface area (Å²) in [5.41, 5.74) is 1.66. The standard InChI is InChI=1S/C22H27N5O3/c1-22(2,3)18-13-24-19(30-18)14-26-21(23-4)25-12-15-7-9-16(10-8-15)27-20(28)17-6-5-11-29-17/h5-11,13H,12,14H2,1-4H3,(H,27,28)(H2,23,25,26). The number of oxazole rings is 1. The van der Waals surface area contributed by atoms with Crippen LogP contribution in [0.15, 0.2) is 62.7 Å². The summed E-state index contributed by atoms with van der Waals surface area (Å²) >= 11 is 0. The van der Waals surface area contributed by atoms with Crippen LogP contribution in [0.3, 0.4) is 0 Å². The van der Waals surface area contributed by atoms with E-state index in [4.69, 9.17) is 8.83 Å². The van der Waals surface area contributed by atoms with Crippen LogP contribution in [0.25, 0.3) is 0 Å². The summed E-state index contributed by atoms with van der Waals surface area (Å²) in [5, 5.41) is 9.22. The summed E-state index contributed by atoms with van der Waals surface area (Å²) in [6, 6.07) is 10.8. The molecule has 3 aromatic rings. The molecule has 0 spiro atoms. The fraction of sp³-hybridized carbons (Fsp3) is 0.318. The number of rotatable bonds is 6. The Bertz CT molecular complexity index is 983. The maximum absolute atomic E-state index is 12.0. The van der Waals surface area contributed by atoms with Crippen molar-refractivity contribution in [3.05, 3.63) is 71.8 Å². The van der Waals surface area contributed by atoms with Gasteiger partial charge in [-0.3, -0.25) is 9.79 Å². The van der Waals surface area contributed by atoms with Gasteiger partial charge in [-0.25, -0.2) is 4.98 Å². The smallest absolute Gasteiger partial charge is 0.291 e. The molecule has 2 aromatic heterocycles. The monoisotopic (exact) mass is 409 g/mol. The van der Waals surface area contributed by atoms with Crippen LogP contribution < -0.4 is 16.0 Å². The third kappa shape index (κ3) is 5.73.